The number of carboxylic acids is 1. The van der Waals surface area contributed by atoms with Crippen LogP contribution in [0, 0.1) is 13.8 Å². The van der Waals surface area contributed by atoms with Gasteiger partial charge in [-0.1, -0.05) is 30.3 Å². The molecule has 0 saturated carbocycles. The number of pyridine rings is 1. The zero-order valence-corrected chi connectivity index (χ0v) is 15.1. The monoisotopic (exact) mass is 346 g/mol. The van der Waals surface area contributed by atoms with Crippen LogP contribution in [-0.4, -0.2) is 29.1 Å². The molecule has 1 aliphatic rings. The van der Waals surface area contributed by atoms with Gasteiger partial charge in [0.05, 0.1) is 22.5 Å². The van der Waals surface area contributed by atoms with Crippen LogP contribution < -0.4 is 4.90 Å². The minimum atomic E-state index is -0.893. The van der Waals surface area contributed by atoms with Crippen molar-refractivity contribution >= 4 is 22.6 Å². The number of fused-ring (bicyclic) bond motifs is 1. The van der Waals surface area contributed by atoms with Crippen LogP contribution in [0.25, 0.3) is 22.2 Å². The molecule has 26 heavy (non-hydrogen) atoms. The maximum Gasteiger partial charge on any atom is 0.338 e. The van der Waals surface area contributed by atoms with Gasteiger partial charge in [-0.3, -0.25) is 0 Å². The van der Waals surface area contributed by atoms with Crippen molar-refractivity contribution in [3.05, 3.63) is 59.2 Å². The molecule has 0 aliphatic carbocycles. The standard InChI is InChI=1S/C22H22N2O2/c1-14-9-10-16(13-15(14)2)20-21(24-11-5-6-12-24)19(22(25)26)17-7-3-4-8-18(17)23-20/h3-4,7-10,13H,5-6,11-12H2,1-2H3,(H,25,26). The van der Waals surface area contributed by atoms with Gasteiger partial charge in [-0.05, 0) is 49.9 Å². The molecule has 1 saturated heterocycles. The Morgan fingerprint density at radius 1 is 1.04 bits per heavy atom. The molecule has 0 radical (unpaired) electrons. The van der Waals surface area contributed by atoms with Crippen LogP contribution in [0.15, 0.2) is 42.5 Å². The molecule has 1 aromatic heterocycles. The molecular formula is C22H22N2O2. The Bertz CT molecular complexity index is 1000. The first-order valence-corrected chi connectivity index (χ1v) is 9.05. The second-order valence-corrected chi connectivity index (χ2v) is 7.00. The summed E-state index contributed by atoms with van der Waals surface area (Å²) in [6, 6.07) is 13.8. The van der Waals surface area contributed by atoms with E-state index in [0.29, 0.717) is 10.9 Å². The van der Waals surface area contributed by atoms with E-state index in [4.69, 9.17) is 4.98 Å². The minimum Gasteiger partial charge on any atom is -0.478 e. The first-order valence-electron chi connectivity index (χ1n) is 9.05. The van der Waals surface area contributed by atoms with E-state index in [9.17, 15) is 9.90 Å². The molecule has 3 aromatic rings. The predicted molar refractivity (Wildman–Crippen MR) is 105 cm³/mol. The summed E-state index contributed by atoms with van der Waals surface area (Å²) in [5.41, 5.74) is 6.00. The van der Waals surface area contributed by atoms with Gasteiger partial charge >= 0.3 is 5.97 Å². The quantitative estimate of drug-likeness (QED) is 0.739. The lowest BCUT2D eigenvalue weighted by Gasteiger charge is -2.24. The highest BCUT2D eigenvalue weighted by atomic mass is 16.4. The third-order valence-electron chi connectivity index (χ3n) is 5.28. The van der Waals surface area contributed by atoms with Gasteiger partial charge in [-0.25, -0.2) is 9.78 Å². The summed E-state index contributed by atoms with van der Waals surface area (Å²) in [6.45, 7) is 5.90. The molecule has 1 aliphatic heterocycles. The van der Waals surface area contributed by atoms with Crippen molar-refractivity contribution in [1.29, 1.82) is 0 Å². The molecule has 0 amide bonds. The van der Waals surface area contributed by atoms with Gasteiger partial charge in [-0.2, -0.15) is 0 Å². The zero-order valence-electron chi connectivity index (χ0n) is 15.1. The topological polar surface area (TPSA) is 53.4 Å². The molecule has 2 heterocycles. The summed E-state index contributed by atoms with van der Waals surface area (Å²) in [5.74, 6) is -0.893. The Kier molecular flexibility index (Phi) is 4.11. The fourth-order valence-corrected chi connectivity index (χ4v) is 3.76. The Labute approximate surface area is 153 Å². The molecule has 1 fully saturated rings. The minimum absolute atomic E-state index is 0.366. The van der Waals surface area contributed by atoms with Crippen LogP contribution in [0.3, 0.4) is 0 Å². The molecule has 132 valence electrons. The van der Waals surface area contributed by atoms with Crippen LogP contribution in [0.5, 0.6) is 0 Å². The molecular weight excluding hydrogens is 324 g/mol. The van der Waals surface area contributed by atoms with Crippen LogP contribution in [-0.2, 0) is 0 Å². The van der Waals surface area contributed by atoms with E-state index in [-0.39, 0.29) is 0 Å². The summed E-state index contributed by atoms with van der Waals surface area (Å²) < 4.78 is 0. The summed E-state index contributed by atoms with van der Waals surface area (Å²) in [6.07, 6.45) is 2.16. The molecule has 2 aromatic carbocycles. The molecule has 0 unspecified atom stereocenters. The lowest BCUT2D eigenvalue weighted by Crippen LogP contribution is -2.22. The first kappa shape index (κ1) is 16.6. The second-order valence-electron chi connectivity index (χ2n) is 7.00. The summed E-state index contributed by atoms with van der Waals surface area (Å²) in [7, 11) is 0. The molecule has 0 atom stereocenters. The second kappa shape index (κ2) is 6.45. The highest BCUT2D eigenvalue weighted by Gasteiger charge is 2.27. The van der Waals surface area contributed by atoms with Gasteiger partial charge in [0.25, 0.3) is 0 Å². The summed E-state index contributed by atoms with van der Waals surface area (Å²) in [4.78, 5) is 19.3. The largest absolute Gasteiger partial charge is 0.478 e. The SMILES string of the molecule is Cc1ccc(-c2nc3ccccc3c(C(=O)O)c2N2CCCC2)cc1C. The number of carboxylic acid groups (broad SMARTS) is 1. The van der Waals surface area contributed by atoms with E-state index in [1.54, 1.807) is 0 Å². The first-order chi connectivity index (χ1) is 12.6. The smallest absolute Gasteiger partial charge is 0.338 e. The third kappa shape index (κ3) is 2.71. The van der Waals surface area contributed by atoms with Crippen molar-refractivity contribution in [1.82, 2.24) is 4.98 Å². The highest BCUT2D eigenvalue weighted by Crippen LogP contribution is 2.39. The number of para-hydroxylation sites is 1. The number of nitrogens with zero attached hydrogens (tertiary/aromatic N) is 2. The number of aromatic carboxylic acids is 1. The number of benzene rings is 2. The van der Waals surface area contributed by atoms with E-state index in [0.717, 1.165) is 48.4 Å². The number of hydrogen-bond acceptors (Lipinski definition) is 3. The fraction of sp³-hybridized carbons (Fsp3) is 0.273. The molecule has 4 heteroatoms. The van der Waals surface area contributed by atoms with E-state index in [1.165, 1.54) is 11.1 Å². The Hall–Kier alpha value is -2.88. The van der Waals surface area contributed by atoms with Gasteiger partial charge in [0, 0.05) is 24.0 Å². The van der Waals surface area contributed by atoms with Gasteiger partial charge in [0.2, 0.25) is 0 Å². The van der Waals surface area contributed by atoms with E-state index in [1.807, 2.05) is 30.3 Å². The van der Waals surface area contributed by atoms with Crippen molar-refractivity contribution in [2.24, 2.45) is 0 Å². The molecule has 0 spiro atoms. The maximum absolute atomic E-state index is 12.2. The lowest BCUT2D eigenvalue weighted by atomic mass is 9.98. The number of rotatable bonds is 3. The lowest BCUT2D eigenvalue weighted by molar-refractivity contribution is 0.0699. The molecule has 4 rings (SSSR count). The summed E-state index contributed by atoms with van der Waals surface area (Å²) in [5, 5.41) is 10.7. The number of carbonyl (C=O) groups is 1. The van der Waals surface area contributed by atoms with Crippen LogP contribution in [0.2, 0.25) is 0 Å². The normalized spacial score (nSPS) is 14.2. The number of aromatic nitrogens is 1. The number of aryl methyl sites for hydroxylation is 2. The van der Waals surface area contributed by atoms with Gasteiger partial charge in [0.1, 0.15) is 0 Å². The van der Waals surface area contributed by atoms with E-state index < -0.39 is 5.97 Å². The van der Waals surface area contributed by atoms with Crippen LogP contribution in [0.1, 0.15) is 34.3 Å². The Balaban J connectivity index is 2.08. The van der Waals surface area contributed by atoms with E-state index >= 15 is 0 Å². The van der Waals surface area contributed by atoms with Gasteiger partial charge < -0.3 is 10.0 Å². The highest BCUT2D eigenvalue weighted by molar-refractivity contribution is 6.10. The number of anilines is 1. The van der Waals surface area contributed by atoms with Crippen molar-refractivity contribution in [3.8, 4) is 11.3 Å². The van der Waals surface area contributed by atoms with Gasteiger partial charge in [-0.15, -0.1) is 0 Å². The van der Waals surface area contributed by atoms with Crippen molar-refractivity contribution in [2.45, 2.75) is 26.7 Å². The molecule has 0 bridgehead atoms. The Morgan fingerprint density at radius 2 is 1.77 bits per heavy atom. The van der Waals surface area contributed by atoms with Crippen LogP contribution in [0.4, 0.5) is 5.69 Å². The zero-order chi connectivity index (χ0) is 18.3. The maximum atomic E-state index is 12.2. The number of hydrogen-bond donors (Lipinski definition) is 1. The fourth-order valence-electron chi connectivity index (χ4n) is 3.76. The van der Waals surface area contributed by atoms with Crippen molar-refractivity contribution in [3.63, 3.8) is 0 Å². The van der Waals surface area contributed by atoms with Crippen LogP contribution >= 0.6 is 0 Å². The third-order valence-corrected chi connectivity index (χ3v) is 5.28. The van der Waals surface area contributed by atoms with Crippen molar-refractivity contribution < 1.29 is 9.90 Å². The van der Waals surface area contributed by atoms with Gasteiger partial charge in [0.15, 0.2) is 0 Å². The van der Waals surface area contributed by atoms with Crippen molar-refractivity contribution in [2.75, 3.05) is 18.0 Å². The predicted octanol–water partition coefficient (Wildman–Crippen LogP) is 4.82. The Morgan fingerprint density at radius 3 is 2.46 bits per heavy atom. The summed E-state index contributed by atoms with van der Waals surface area (Å²) >= 11 is 0. The molecule has 4 nitrogen and oxygen atoms in total. The average molecular weight is 346 g/mol. The average Bonchev–Trinajstić information content (AvgIpc) is 3.16. The molecule has 1 N–H and O–H groups in total. The van der Waals surface area contributed by atoms with E-state index in [2.05, 4.69) is 30.9 Å².